The molecule has 0 aliphatic carbocycles. The molecule has 3 atom stereocenters. The van der Waals surface area contributed by atoms with Crippen LogP contribution in [0.25, 0.3) is 0 Å². The van der Waals surface area contributed by atoms with Gasteiger partial charge in [0.05, 0.1) is 12.7 Å². The lowest BCUT2D eigenvalue weighted by Gasteiger charge is -2.43. The van der Waals surface area contributed by atoms with Crippen molar-refractivity contribution in [3.05, 3.63) is 65.0 Å². The highest BCUT2D eigenvalue weighted by Gasteiger charge is 2.31. The van der Waals surface area contributed by atoms with E-state index in [0.717, 1.165) is 24.9 Å². The first-order valence-corrected chi connectivity index (χ1v) is 9.83. The summed E-state index contributed by atoms with van der Waals surface area (Å²) in [6.07, 6.45) is 1.92. The summed E-state index contributed by atoms with van der Waals surface area (Å²) in [4.78, 5) is 14.4. The number of ether oxygens (including phenoxy) is 1. The molecule has 0 saturated carbocycles. The van der Waals surface area contributed by atoms with Crippen molar-refractivity contribution in [1.29, 1.82) is 0 Å². The maximum absolute atomic E-state index is 14.1. The molecule has 1 heterocycles. The van der Waals surface area contributed by atoms with Crippen LogP contribution in [-0.4, -0.2) is 36.1 Å². The van der Waals surface area contributed by atoms with Crippen LogP contribution in [0, 0.1) is 12.7 Å². The molecule has 3 rings (SSSR count). The van der Waals surface area contributed by atoms with Gasteiger partial charge in [0.25, 0.3) is 0 Å². The Labute approximate surface area is 166 Å². The Hall–Kier alpha value is -2.40. The fourth-order valence-electron chi connectivity index (χ4n) is 4.22. The standard InChI is InChI=1S/C23H29FN2O2/c1-15-10-20(11-16(2)26(15)14-18-8-6-5-7-9-18)25-22-13-19(24)12-21(17(22)3)23(27)28-4/h5-9,12-13,15-16,20,25H,10-11,14H2,1-4H3/t15-,16+,20-. The maximum atomic E-state index is 14.1. The summed E-state index contributed by atoms with van der Waals surface area (Å²) in [6.45, 7) is 7.24. The van der Waals surface area contributed by atoms with Crippen LogP contribution in [0.5, 0.6) is 0 Å². The number of anilines is 1. The van der Waals surface area contributed by atoms with Crippen LogP contribution in [0.3, 0.4) is 0 Å². The minimum absolute atomic E-state index is 0.225. The van der Waals surface area contributed by atoms with E-state index in [1.54, 1.807) is 0 Å². The molecular weight excluding hydrogens is 355 g/mol. The summed E-state index contributed by atoms with van der Waals surface area (Å²) in [5.41, 5.74) is 2.98. The van der Waals surface area contributed by atoms with Crippen LogP contribution < -0.4 is 5.32 Å². The minimum Gasteiger partial charge on any atom is -0.465 e. The van der Waals surface area contributed by atoms with E-state index in [9.17, 15) is 9.18 Å². The van der Waals surface area contributed by atoms with Gasteiger partial charge in [0.1, 0.15) is 5.82 Å². The number of hydrogen-bond acceptors (Lipinski definition) is 4. The van der Waals surface area contributed by atoms with Gasteiger partial charge in [-0.1, -0.05) is 30.3 Å². The van der Waals surface area contributed by atoms with Crippen molar-refractivity contribution in [2.75, 3.05) is 12.4 Å². The number of hydrogen-bond donors (Lipinski definition) is 1. The molecule has 1 aliphatic rings. The molecule has 150 valence electrons. The number of carbonyl (C=O) groups excluding carboxylic acids is 1. The number of rotatable bonds is 5. The van der Waals surface area contributed by atoms with Gasteiger partial charge in [-0.15, -0.1) is 0 Å². The second-order valence-corrected chi connectivity index (χ2v) is 7.79. The zero-order valence-electron chi connectivity index (χ0n) is 17.0. The number of piperidine rings is 1. The quantitative estimate of drug-likeness (QED) is 0.754. The number of halogens is 1. The summed E-state index contributed by atoms with van der Waals surface area (Å²) < 4.78 is 18.8. The predicted octanol–water partition coefficient (Wildman–Crippen LogP) is 4.77. The van der Waals surface area contributed by atoms with E-state index in [-0.39, 0.29) is 11.6 Å². The van der Waals surface area contributed by atoms with Crippen molar-refractivity contribution >= 4 is 11.7 Å². The Kier molecular flexibility index (Phi) is 6.35. The smallest absolute Gasteiger partial charge is 0.338 e. The highest BCUT2D eigenvalue weighted by molar-refractivity contribution is 5.92. The van der Waals surface area contributed by atoms with E-state index >= 15 is 0 Å². The Balaban J connectivity index is 1.72. The molecule has 28 heavy (non-hydrogen) atoms. The van der Waals surface area contributed by atoms with Gasteiger partial charge in [0.15, 0.2) is 0 Å². The van der Waals surface area contributed by atoms with E-state index in [0.29, 0.717) is 17.8 Å². The van der Waals surface area contributed by atoms with Crippen molar-refractivity contribution in [3.8, 4) is 0 Å². The second-order valence-electron chi connectivity index (χ2n) is 7.79. The van der Waals surface area contributed by atoms with Gasteiger partial charge in [-0.25, -0.2) is 9.18 Å². The van der Waals surface area contributed by atoms with Gasteiger partial charge in [-0.3, -0.25) is 4.90 Å². The minimum atomic E-state index is -0.514. The molecule has 0 radical (unpaired) electrons. The number of nitrogens with one attached hydrogen (secondary N) is 1. The monoisotopic (exact) mass is 384 g/mol. The maximum Gasteiger partial charge on any atom is 0.338 e. The summed E-state index contributed by atoms with van der Waals surface area (Å²) in [5, 5.41) is 3.48. The predicted molar refractivity (Wildman–Crippen MR) is 110 cm³/mol. The molecule has 4 nitrogen and oxygen atoms in total. The highest BCUT2D eigenvalue weighted by atomic mass is 19.1. The van der Waals surface area contributed by atoms with Crippen molar-refractivity contribution in [1.82, 2.24) is 4.90 Å². The van der Waals surface area contributed by atoms with E-state index in [1.807, 2.05) is 13.0 Å². The molecular formula is C23H29FN2O2. The molecule has 1 aliphatic heterocycles. The summed E-state index contributed by atoms with van der Waals surface area (Å²) >= 11 is 0. The first-order chi connectivity index (χ1) is 13.4. The van der Waals surface area contributed by atoms with Crippen molar-refractivity contribution in [2.45, 2.75) is 58.3 Å². The van der Waals surface area contributed by atoms with Gasteiger partial charge < -0.3 is 10.1 Å². The van der Waals surface area contributed by atoms with Crippen LogP contribution >= 0.6 is 0 Å². The van der Waals surface area contributed by atoms with Crippen LogP contribution in [0.2, 0.25) is 0 Å². The summed E-state index contributed by atoms with van der Waals surface area (Å²) in [5.74, 6) is -0.949. The molecule has 1 saturated heterocycles. The Morgan fingerprint density at radius 1 is 1.18 bits per heavy atom. The van der Waals surface area contributed by atoms with Gasteiger partial charge >= 0.3 is 5.97 Å². The average Bonchev–Trinajstić information content (AvgIpc) is 2.67. The lowest BCUT2D eigenvalue weighted by atomic mass is 9.91. The number of esters is 1. The third-order valence-corrected chi connectivity index (χ3v) is 5.73. The Morgan fingerprint density at radius 3 is 2.43 bits per heavy atom. The lowest BCUT2D eigenvalue weighted by molar-refractivity contribution is 0.0599. The zero-order valence-corrected chi connectivity index (χ0v) is 17.0. The molecule has 0 spiro atoms. The van der Waals surface area contributed by atoms with E-state index in [4.69, 9.17) is 4.74 Å². The van der Waals surface area contributed by atoms with E-state index in [1.165, 1.54) is 24.8 Å². The fourth-order valence-corrected chi connectivity index (χ4v) is 4.22. The first-order valence-electron chi connectivity index (χ1n) is 9.83. The Bertz CT molecular complexity index is 813. The molecule has 0 unspecified atom stereocenters. The largest absolute Gasteiger partial charge is 0.465 e. The molecule has 0 amide bonds. The molecule has 0 aromatic heterocycles. The average molecular weight is 384 g/mol. The van der Waals surface area contributed by atoms with Crippen molar-refractivity contribution < 1.29 is 13.9 Å². The van der Waals surface area contributed by atoms with Crippen LogP contribution in [0.15, 0.2) is 42.5 Å². The van der Waals surface area contributed by atoms with Crippen molar-refractivity contribution in [2.24, 2.45) is 0 Å². The number of likely N-dealkylation sites (tertiary alicyclic amines) is 1. The van der Waals surface area contributed by atoms with Gasteiger partial charge in [-0.2, -0.15) is 0 Å². The normalized spacial score (nSPS) is 22.7. The molecule has 0 bridgehead atoms. The van der Waals surface area contributed by atoms with Gasteiger partial charge in [0, 0.05) is 30.4 Å². The molecule has 2 aromatic carbocycles. The summed E-state index contributed by atoms with van der Waals surface area (Å²) in [6, 6.07) is 14.2. The van der Waals surface area contributed by atoms with Gasteiger partial charge in [-0.05, 0) is 56.9 Å². The number of nitrogens with zero attached hydrogens (tertiary/aromatic N) is 1. The third kappa shape index (κ3) is 4.53. The molecule has 1 fully saturated rings. The highest BCUT2D eigenvalue weighted by Crippen LogP contribution is 2.29. The van der Waals surface area contributed by atoms with Crippen molar-refractivity contribution in [3.63, 3.8) is 0 Å². The second kappa shape index (κ2) is 8.74. The number of carbonyl (C=O) groups is 1. The van der Waals surface area contributed by atoms with E-state index < -0.39 is 11.8 Å². The zero-order chi connectivity index (χ0) is 20.3. The number of methoxy groups -OCH3 is 1. The number of benzene rings is 2. The first kappa shape index (κ1) is 20.3. The molecule has 2 aromatic rings. The fraction of sp³-hybridized carbons (Fsp3) is 0.435. The van der Waals surface area contributed by atoms with Crippen LogP contribution in [0.4, 0.5) is 10.1 Å². The summed E-state index contributed by atoms with van der Waals surface area (Å²) in [7, 11) is 1.31. The van der Waals surface area contributed by atoms with Crippen LogP contribution in [0.1, 0.15) is 48.2 Å². The third-order valence-electron chi connectivity index (χ3n) is 5.73. The Morgan fingerprint density at radius 2 is 1.82 bits per heavy atom. The molecule has 5 heteroatoms. The van der Waals surface area contributed by atoms with Crippen LogP contribution in [-0.2, 0) is 11.3 Å². The lowest BCUT2D eigenvalue weighted by Crippen LogP contribution is -2.49. The SMILES string of the molecule is COC(=O)c1cc(F)cc(N[C@@H]2C[C@@H](C)N(Cc3ccccc3)[C@@H](C)C2)c1C. The topological polar surface area (TPSA) is 41.6 Å². The molecule has 1 N–H and O–H groups in total. The van der Waals surface area contributed by atoms with Gasteiger partial charge in [0.2, 0.25) is 0 Å². The van der Waals surface area contributed by atoms with E-state index in [2.05, 4.69) is 48.3 Å².